The average Bonchev–Trinajstić information content (AvgIpc) is 2.87. The number of nitrogens with zero attached hydrogens (tertiary/aromatic N) is 2. The van der Waals surface area contributed by atoms with Crippen molar-refractivity contribution in [1.29, 1.82) is 0 Å². The van der Waals surface area contributed by atoms with Crippen molar-refractivity contribution in [2.75, 3.05) is 16.5 Å². The summed E-state index contributed by atoms with van der Waals surface area (Å²) in [6.07, 6.45) is 0.568. The molecular weight excluding hydrogens is 416 g/mol. The minimum Gasteiger partial charge on any atom is -0.380 e. The first kappa shape index (κ1) is 21.0. The van der Waals surface area contributed by atoms with Gasteiger partial charge in [-0.15, -0.1) is 0 Å². The lowest BCUT2D eigenvalue weighted by Crippen LogP contribution is -2.50. The highest BCUT2D eigenvalue weighted by molar-refractivity contribution is 5.70. The monoisotopic (exact) mass is 446 g/mol. The first-order valence-electron chi connectivity index (χ1n) is 12.1. The Morgan fingerprint density at radius 2 is 1.35 bits per heavy atom. The van der Waals surface area contributed by atoms with Crippen LogP contribution in [0.15, 0.2) is 97.1 Å². The lowest BCUT2D eigenvalue weighted by atomic mass is 9.78. The molecule has 1 N–H and O–H groups in total. The van der Waals surface area contributed by atoms with E-state index in [1.165, 1.54) is 33.6 Å². The van der Waals surface area contributed by atoms with Gasteiger partial charge in [0.2, 0.25) is 0 Å². The summed E-state index contributed by atoms with van der Waals surface area (Å²) in [5.41, 5.74) is 8.49. The number of hydrogen-bond donors (Lipinski definition) is 1. The predicted molar refractivity (Wildman–Crippen MR) is 139 cm³/mol. The van der Waals surface area contributed by atoms with E-state index < -0.39 is 5.60 Å². The van der Waals surface area contributed by atoms with E-state index in [0.29, 0.717) is 6.42 Å². The summed E-state index contributed by atoms with van der Waals surface area (Å²) < 4.78 is 0. The van der Waals surface area contributed by atoms with Crippen molar-refractivity contribution in [3.05, 3.63) is 130 Å². The number of aliphatic hydroxyl groups is 1. The van der Waals surface area contributed by atoms with Gasteiger partial charge in [0.05, 0.1) is 12.7 Å². The molecule has 3 nitrogen and oxygen atoms in total. The Kier molecular flexibility index (Phi) is 4.96. The number of rotatable bonds is 4. The molecular formula is C31H30N2O. The van der Waals surface area contributed by atoms with E-state index in [1.54, 1.807) is 0 Å². The van der Waals surface area contributed by atoms with E-state index in [4.69, 9.17) is 0 Å². The SMILES string of the molecule is Cc1ccc2c(c1)CN1CN2C(CC(O)(c2ccccc2)c2ccccc2)c2cc(C)ccc21. The van der Waals surface area contributed by atoms with Crippen LogP contribution in [-0.2, 0) is 12.1 Å². The molecule has 0 saturated heterocycles. The van der Waals surface area contributed by atoms with Gasteiger partial charge in [-0.05, 0) is 48.2 Å². The van der Waals surface area contributed by atoms with Crippen molar-refractivity contribution in [3.63, 3.8) is 0 Å². The Labute approximate surface area is 201 Å². The van der Waals surface area contributed by atoms with Gasteiger partial charge in [-0.1, -0.05) is 96.1 Å². The lowest BCUT2D eigenvalue weighted by Gasteiger charge is -2.51. The van der Waals surface area contributed by atoms with Gasteiger partial charge in [0, 0.05) is 24.3 Å². The summed E-state index contributed by atoms with van der Waals surface area (Å²) in [5, 5.41) is 12.5. The highest BCUT2D eigenvalue weighted by atomic mass is 16.3. The zero-order valence-electron chi connectivity index (χ0n) is 19.8. The first-order valence-corrected chi connectivity index (χ1v) is 12.1. The summed E-state index contributed by atoms with van der Waals surface area (Å²) in [4.78, 5) is 4.97. The van der Waals surface area contributed by atoms with Crippen LogP contribution in [0.25, 0.3) is 0 Å². The molecule has 2 aliphatic heterocycles. The molecule has 4 aromatic carbocycles. The molecule has 34 heavy (non-hydrogen) atoms. The third-order valence-corrected chi connectivity index (χ3v) is 7.48. The van der Waals surface area contributed by atoms with Crippen LogP contribution in [0.3, 0.4) is 0 Å². The number of fused-ring (bicyclic) bond motifs is 6. The third-order valence-electron chi connectivity index (χ3n) is 7.48. The molecule has 2 heterocycles. The number of anilines is 2. The van der Waals surface area contributed by atoms with Gasteiger partial charge in [-0.2, -0.15) is 0 Å². The van der Waals surface area contributed by atoms with Crippen LogP contribution in [0.4, 0.5) is 11.4 Å². The number of benzene rings is 4. The molecule has 2 aliphatic rings. The van der Waals surface area contributed by atoms with Crippen molar-refractivity contribution in [2.45, 2.75) is 38.5 Å². The van der Waals surface area contributed by atoms with Crippen LogP contribution in [0.5, 0.6) is 0 Å². The second-order valence-corrected chi connectivity index (χ2v) is 9.82. The van der Waals surface area contributed by atoms with Crippen LogP contribution < -0.4 is 9.80 Å². The minimum atomic E-state index is -1.11. The van der Waals surface area contributed by atoms with E-state index in [2.05, 4.69) is 60.0 Å². The molecule has 0 spiro atoms. The van der Waals surface area contributed by atoms with E-state index in [9.17, 15) is 5.11 Å². The van der Waals surface area contributed by atoms with Gasteiger partial charge in [0.25, 0.3) is 0 Å². The lowest BCUT2D eigenvalue weighted by molar-refractivity contribution is 0.0614. The summed E-state index contributed by atoms with van der Waals surface area (Å²) in [6.45, 7) is 6.06. The molecule has 6 rings (SSSR count). The summed E-state index contributed by atoms with van der Waals surface area (Å²) in [7, 11) is 0. The molecule has 0 aliphatic carbocycles. The molecule has 0 radical (unpaired) electrons. The Bertz CT molecular complexity index is 1290. The fraction of sp³-hybridized carbons (Fsp3) is 0.226. The highest BCUT2D eigenvalue weighted by Gasteiger charge is 2.42. The second kappa shape index (κ2) is 8.03. The smallest absolute Gasteiger partial charge is 0.117 e. The van der Waals surface area contributed by atoms with Gasteiger partial charge in [0.1, 0.15) is 5.60 Å². The van der Waals surface area contributed by atoms with Crippen LogP contribution >= 0.6 is 0 Å². The van der Waals surface area contributed by atoms with Crippen LogP contribution in [-0.4, -0.2) is 11.8 Å². The normalized spacial score (nSPS) is 16.7. The Morgan fingerprint density at radius 1 is 0.765 bits per heavy atom. The average molecular weight is 447 g/mol. The van der Waals surface area contributed by atoms with Gasteiger partial charge in [-0.3, -0.25) is 0 Å². The maximum absolute atomic E-state index is 12.5. The predicted octanol–water partition coefficient (Wildman–Crippen LogP) is 6.47. The molecule has 0 amide bonds. The van der Waals surface area contributed by atoms with Crippen molar-refractivity contribution in [3.8, 4) is 0 Å². The van der Waals surface area contributed by atoms with Gasteiger partial charge < -0.3 is 14.9 Å². The standard InChI is InChI=1S/C31H30N2O/c1-22-13-15-28-24(17-22)20-32-21-33(28)30(27-18-23(2)14-16-29(27)32)19-31(34,25-9-5-3-6-10-25)26-11-7-4-8-12-26/h3-18,30,34H,19-21H2,1-2H3. The molecule has 0 fully saturated rings. The van der Waals surface area contributed by atoms with Crippen molar-refractivity contribution < 1.29 is 5.11 Å². The molecule has 3 heteroatoms. The molecule has 1 unspecified atom stereocenters. The zero-order valence-corrected chi connectivity index (χ0v) is 19.8. The van der Waals surface area contributed by atoms with Crippen molar-refractivity contribution in [2.24, 2.45) is 0 Å². The van der Waals surface area contributed by atoms with E-state index in [-0.39, 0.29) is 6.04 Å². The minimum absolute atomic E-state index is 0.0401. The van der Waals surface area contributed by atoms with Crippen molar-refractivity contribution in [1.82, 2.24) is 0 Å². The second-order valence-electron chi connectivity index (χ2n) is 9.82. The molecule has 0 saturated carbocycles. The van der Waals surface area contributed by atoms with Gasteiger partial charge >= 0.3 is 0 Å². The maximum Gasteiger partial charge on any atom is 0.117 e. The molecule has 1 atom stereocenters. The number of aryl methyl sites for hydroxylation is 2. The number of hydrogen-bond acceptors (Lipinski definition) is 3. The van der Waals surface area contributed by atoms with Crippen LogP contribution in [0, 0.1) is 13.8 Å². The van der Waals surface area contributed by atoms with E-state index in [0.717, 1.165) is 24.3 Å². The Morgan fingerprint density at radius 3 is 2.00 bits per heavy atom. The highest BCUT2D eigenvalue weighted by Crippen LogP contribution is 2.49. The fourth-order valence-corrected chi connectivity index (χ4v) is 5.79. The zero-order chi connectivity index (χ0) is 23.3. The molecule has 170 valence electrons. The summed E-state index contributed by atoms with van der Waals surface area (Å²) in [5.74, 6) is 0. The van der Waals surface area contributed by atoms with E-state index >= 15 is 0 Å². The first-order chi connectivity index (χ1) is 16.5. The topological polar surface area (TPSA) is 26.7 Å². The van der Waals surface area contributed by atoms with Gasteiger partial charge in [-0.25, -0.2) is 0 Å². The Hall–Kier alpha value is -3.56. The largest absolute Gasteiger partial charge is 0.380 e. The van der Waals surface area contributed by atoms with E-state index in [1.807, 2.05) is 60.7 Å². The maximum atomic E-state index is 12.5. The van der Waals surface area contributed by atoms with Gasteiger partial charge in [0.15, 0.2) is 0 Å². The van der Waals surface area contributed by atoms with Crippen molar-refractivity contribution >= 4 is 11.4 Å². The molecule has 4 aromatic rings. The quantitative estimate of drug-likeness (QED) is 0.389. The summed E-state index contributed by atoms with van der Waals surface area (Å²) >= 11 is 0. The molecule has 0 aromatic heterocycles. The Balaban J connectivity index is 1.53. The van der Waals surface area contributed by atoms with Crippen LogP contribution in [0.1, 0.15) is 45.8 Å². The third kappa shape index (κ3) is 3.39. The van der Waals surface area contributed by atoms with Crippen LogP contribution in [0.2, 0.25) is 0 Å². The fourth-order valence-electron chi connectivity index (χ4n) is 5.79. The molecule has 2 bridgehead atoms. The summed E-state index contributed by atoms with van der Waals surface area (Å²) in [6, 6.07) is 33.9.